The summed E-state index contributed by atoms with van der Waals surface area (Å²) in [5.41, 5.74) is 1.28. The zero-order valence-corrected chi connectivity index (χ0v) is 10.2. The first-order valence-corrected chi connectivity index (χ1v) is 6.51. The molecule has 1 unspecified atom stereocenters. The van der Waals surface area contributed by atoms with Crippen molar-refractivity contribution in [1.82, 2.24) is 0 Å². The predicted molar refractivity (Wildman–Crippen MR) is 65.7 cm³/mol. The van der Waals surface area contributed by atoms with Crippen LogP contribution >= 0.6 is 11.3 Å². The van der Waals surface area contributed by atoms with E-state index in [1.807, 2.05) is 19.1 Å². The van der Waals surface area contributed by atoms with E-state index in [0.29, 0.717) is 12.2 Å². The van der Waals surface area contributed by atoms with Gasteiger partial charge in [0.15, 0.2) is 0 Å². The Labute approximate surface area is 99.5 Å². The average molecular weight is 236 g/mol. The molecule has 2 aromatic heterocycles. The number of rotatable bonds is 5. The Morgan fingerprint density at radius 1 is 1.38 bits per heavy atom. The molecule has 0 saturated heterocycles. The highest BCUT2D eigenvalue weighted by Crippen LogP contribution is 2.22. The van der Waals surface area contributed by atoms with Gasteiger partial charge in [-0.2, -0.15) is 11.3 Å². The molecule has 0 bridgehead atoms. The minimum absolute atomic E-state index is 0.486. The van der Waals surface area contributed by atoms with Gasteiger partial charge in [-0.05, 0) is 47.4 Å². The molecule has 1 N–H and O–H groups in total. The van der Waals surface area contributed by atoms with E-state index in [0.717, 1.165) is 18.6 Å². The minimum atomic E-state index is -0.486. The first-order chi connectivity index (χ1) is 7.79. The number of aryl methyl sites for hydroxylation is 2. The molecule has 1 atom stereocenters. The van der Waals surface area contributed by atoms with E-state index in [1.165, 1.54) is 5.56 Å². The van der Waals surface area contributed by atoms with Gasteiger partial charge < -0.3 is 9.52 Å². The Morgan fingerprint density at radius 2 is 2.25 bits per heavy atom. The lowest BCUT2D eigenvalue weighted by molar-refractivity contribution is 0.139. The molecule has 0 aromatic carbocycles. The van der Waals surface area contributed by atoms with Gasteiger partial charge in [0.25, 0.3) is 0 Å². The van der Waals surface area contributed by atoms with Crippen molar-refractivity contribution in [3.63, 3.8) is 0 Å². The van der Waals surface area contributed by atoms with Crippen LogP contribution in [0.2, 0.25) is 0 Å². The second-order valence-corrected chi connectivity index (χ2v) is 4.62. The molecule has 0 radical (unpaired) electrons. The fraction of sp³-hybridized carbons (Fsp3) is 0.385. The van der Waals surface area contributed by atoms with E-state index in [4.69, 9.17) is 4.42 Å². The number of hydrogen-bond donors (Lipinski definition) is 1. The molecule has 3 heteroatoms. The molecule has 2 aromatic rings. The maximum absolute atomic E-state index is 9.94. The zero-order valence-electron chi connectivity index (χ0n) is 9.35. The first kappa shape index (κ1) is 11.4. The zero-order chi connectivity index (χ0) is 11.4. The highest BCUT2D eigenvalue weighted by Gasteiger charge is 2.12. The summed E-state index contributed by atoms with van der Waals surface area (Å²) < 4.78 is 5.52. The van der Waals surface area contributed by atoms with Gasteiger partial charge in [-0.3, -0.25) is 0 Å². The molecule has 0 aliphatic heterocycles. The summed E-state index contributed by atoms with van der Waals surface area (Å²) in [5.74, 6) is 1.62. The van der Waals surface area contributed by atoms with Gasteiger partial charge in [0.2, 0.25) is 0 Å². The Bertz CT molecular complexity index is 417. The van der Waals surface area contributed by atoms with Gasteiger partial charge in [-0.15, -0.1) is 0 Å². The van der Waals surface area contributed by atoms with E-state index < -0.39 is 6.10 Å². The van der Waals surface area contributed by atoms with E-state index in [9.17, 15) is 5.11 Å². The van der Waals surface area contributed by atoms with Gasteiger partial charge in [-0.25, -0.2) is 0 Å². The number of aliphatic hydroxyl groups excluding tert-OH is 1. The Kier molecular flexibility index (Phi) is 3.80. The smallest absolute Gasteiger partial charge is 0.132 e. The predicted octanol–water partition coefficient (Wildman–Crippen LogP) is 3.57. The summed E-state index contributed by atoms with van der Waals surface area (Å²) in [6, 6.07) is 5.90. The number of furan rings is 1. The van der Waals surface area contributed by atoms with Crippen LogP contribution in [0.1, 0.15) is 36.5 Å². The normalized spacial score (nSPS) is 12.9. The molecule has 86 valence electrons. The molecule has 0 fully saturated rings. The summed E-state index contributed by atoms with van der Waals surface area (Å²) in [6.07, 6.45) is 2.00. The molecule has 0 aliphatic rings. The standard InChI is InChI=1S/C13H16O2S/c1-2-11-4-6-13(15-11)12(14)5-3-10-7-8-16-9-10/h4,6-9,12,14H,2-3,5H2,1H3. The molecular formula is C13H16O2S. The van der Waals surface area contributed by atoms with Crippen molar-refractivity contribution < 1.29 is 9.52 Å². The highest BCUT2D eigenvalue weighted by molar-refractivity contribution is 7.07. The minimum Gasteiger partial charge on any atom is -0.463 e. The third-order valence-corrected chi connectivity index (χ3v) is 3.38. The van der Waals surface area contributed by atoms with Crippen molar-refractivity contribution in [2.45, 2.75) is 32.3 Å². The van der Waals surface area contributed by atoms with Gasteiger partial charge in [0, 0.05) is 6.42 Å². The third kappa shape index (κ3) is 2.74. The van der Waals surface area contributed by atoms with Crippen LogP contribution in [0, 0.1) is 0 Å². The number of hydrogen-bond acceptors (Lipinski definition) is 3. The van der Waals surface area contributed by atoms with Crippen molar-refractivity contribution >= 4 is 11.3 Å². The van der Waals surface area contributed by atoms with Crippen LogP contribution in [0.15, 0.2) is 33.4 Å². The van der Waals surface area contributed by atoms with E-state index in [2.05, 4.69) is 16.8 Å². The molecule has 2 rings (SSSR count). The van der Waals surface area contributed by atoms with Crippen molar-refractivity contribution in [2.75, 3.05) is 0 Å². The van der Waals surface area contributed by atoms with Crippen molar-refractivity contribution in [1.29, 1.82) is 0 Å². The van der Waals surface area contributed by atoms with Gasteiger partial charge in [0.1, 0.15) is 17.6 Å². The monoisotopic (exact) mass is 236 g/mol. The van der Waals surface area contributed by atoms with Crippen LogP contribution in [0.25, 0.3) is 0 Å². The Morgan fingerprint density at radius 3 is 2.88 bits per heavy atom. The first-order valence-electron chi connectivity index (χ1n) is 5.57. The molecule has 0 spiro atoms. The molecule has 0 amide bonds. The maximum atomic E-state index is 9.94. The fourth-order valence-corrected chi connectivity index (χ4v) is 2.35. The summed E-state index contributed by atoms with van der Waals surface area (Å²) in [4.78, 5) is 0. The van der Waals surface area contributed by atoms with Crippen LogP contribution in [-0.2, 0) is 12.8 Å². The summed E-state index contributed by atoms with van der Waals surface area (Å²) >= 11 is 1.69. The summed E-state index contributed by atoms with van der Waals surface area (Å²) in [6.45, 7) is 2.04. The van der Waals surface area contributed by atoms with E-state index in [-0.39, 0.29) is 0 Å². The van der Waals surface area contributed by atoms with Crippen molar-refractivity contribution in [3.05, 3.63) is 46.0 Å². The number of aliphatic hydroxyl groups is 1. The quantitative estimate of drug-likeness (QED) is 0.861. The Balaban J connectivity index is 1.90. The lowest BCUT2D eigenvalue weighted by Crippen LogP contribution is -1.97. The largest absolute Gasteiger partial charge is 0.463 e. The van der Waals surface area contributed by atoms with Crippen LogP contribution < -0.4 is 0 Å². The van der Waals surface area contributed by atoms with Crippen LogP contribution in [0.4, 0.5) is 0 Å². The molecule has 0 aliphatic carbocycles. The van der Waals surface area contributed by atoms with Crippen LogP contribution in [-0.4, -0.2) is 5.11 Å². The second-order valence-electron chi connectivity index (χ2n) is 3.84. The highest BCUT2D eigenvalue weighted by atomic mass is 32.1. The van der Waals surface area contributed by atoms with Crippen LogP contribution in [0.3, 0.4) is 0 Å². The SMILES string of the molecule is CCc1ccc(C(O)CCc2ccsc2)o1. The molecular weight excluding hydrogens is 220 g/mol. The van der Waals surface area contributed by atoms with Crippen LogP contribution in [0.5, 0.6) is 0 Å². The molecule has 2 heterocycles. The van der Waals surface area contributed by atoms with Crippen molar-refractivity contribution in [2.24, 2.45) is 0 Å². The lowest BCUT2D eigenvalue weighted by Gasteiger charge is -2.06. The van der Waals surface area contributed by atoms with Gasteiger partial charge in [-0.1, -0.05) is 6.92 Å². The van der Waals surface area contributed by atoms with Gasteiger partial charge in [0.05, 0.1) is 0 Å². The fourth-order valence-electron chi connectivity index (χ4n) is 1.64. The summed E-state index contributed by atoms with van der Waals surface area (Å²) in [7, 11) is 0. The van der Waals surface area contributed by atoms with E-state index >= 15 is 0 Å². The molecule has 2 nitrogen and oxygen atoms in total. The topological polar surface area (TPSA) is 33.4 Å². The lowest BCUT2D eigenvalue weighted by atomic mass is 10.1. The average Bonchev–Trinajstić information content (AvgIpc) is 2.96. The van der Waals surface area contributed by atoms with Gasteiger partial charge >= 0.3 is 0 Å². The third-order valence-electron chi connectivity index (χ3n) is 2.65. The Hall–Kier alpha value is -1.06. The number of thiophene rings is 1. The maximum Gasteiger partial charge on any atom is 0.132 e. The summed E-state index contributed by atoms with van der Waals surface area (Å²) in [5, 5.41) is 14.1. The van der Waals surface area contributed by atoms with Crippen molar-refractivity contribution in [3.8, 4) is 0 Å². The van der Waals surface area contributed by atoms with E-state index in [1.54, 1.807) is 11.3 Å². The molecule has 0 saturated carbocycles. The second kappa shape index (κ2) is 5.32. The molecule has 16 heavy (non-hydrogen) atoms.